The van der Waals surface area contributed by atoms with Crippen molar-refractivity contribution in [2.45, 2.75) is 38.8 Å². The van der Waals surface area contributed by atoms with Crippen molar-refractivity contribution in [3.63, 3.8) is 0 Å². The number of pyridine rings is 1. The molecule has 1 aromatic carbocycles. The topological polar surface area (TPSA) is 74.3 Å². The normalized spacial score (nSPS) is 16.8. The first-order valence-corrected chi connectivity index (χ1v) is 9.80. The van der Waals surface area contributed by atoms with E-state index in [0.29, 0.717) is 24.1 Å². The number of halogens is 1. The molecule has 0 N–H and O–H groups in total. The molecular weight excluding hydrogens is 373 g/mol. The molecule has 0 spiro atoms. The predicted octanol–water partition coefficient (Wildman–Crippen LogP) is 2.99. The van der Waals surface area contributed by atoms with Crippen LogP contribution in [0.3, 0.4) is 0 Å². The molecule has 8 heteroatoms. The maximum atomic E-state index is 13.4. The maximum absolute atomic E-state index is 13.4. The molecule has 1 unspecified atom stereocenters. The van der Waals surface area contributed by atoms with Crippen molar-refractivity contribution in [2.75, 3.05) is 6.61 Å². The lowest BCUT2D eigenvalue weighted by molar-refractivity contribution is 0.0963. The summed E-state index contributed by atoms with van der Waals surface area (Å²) >= 11 is 0. The van der Waals surface area contributed by atoms with Crippen LogP contribution in [0.2, 0.25) is 0 Å². The molecule has 1 saturated heterocycles. The zero-order chi connectivity index (χ0) is 20.0. The maximum Gasteiger partial charge on any atom is 0.280 e. The second-order valence-electron chi connectivity index (χ2n) is 7.26. The third-order valence-corrected chi connectivity index (χ3v) is 5.42. The number of fused-ring (bicyclic) bond motifs is 3. The van der Waals surface area contributed by atoms with Gasteiger partial charge in [0.15, 0.2) is 11.2 Å². The molecule has 7 nitrogen and oxygen atoms in total. The number of ether oxygens (including phenoxy) is 1. The van der Waals surface area contributed by atoms with Gasteiger partial charge in [0.1, 0.15) is 11.3 Å². The summed E-state index contributed by atoms with van der Waals surface area (Å²) in [5.74, 6) is -0.299. The van der Waals surface area contributed by atoms with Crippen LogP contribution in [0.1, 0.15) is 25.5 Å². The minimum atomic E-state index is -0.299. The van der Waals surface area contributed by atoms with Gasteiger partial charge in [-0.05, 0) is 43.0 Å². The van der Waals surface area contributed by atoms with Crippen LogP contribution in [0.4, 0.5) is 4.39 Å². The highest BCUT2D eigenvalue weighted by atomic mass is 19.1. The van der Waals surface area contributed by atoms with Crippen LogP contribution in [0.15, 0.2) is 41.3 Å². The van der Waals surface area contributed by atoms with E-state index in [1.807, 2.05) is 13.0 Å². The second kappa shape index (κ2) is 7.04. The van der Waals surface area contributed by atoms with Gasteiger partial charge in [0.25, 0.3) is 5.56 Å². The number of nitrogens with zero attached hydrogens (tertiary/aromatic N) is 5. The molecule has 1 atom stereocenters. The highest BCUT2D eigenvalue weighted by Gasteiger charge is 2.20. The van der Waals surface area contributed by atoms with Gasteiger partial charge in [-0.15, -0.1) is 10.2 Å². The van der Waals surface area contributed by atoms with Gasteiger partial charge < -0.3 is 9.30 Å². The zero-order valence-electron chi connectivity index (χ0n) is 16.0. The molecule has 148 valence electrons. The van der Waals surface area contributed by atoms with E-state index in [1.165, 1.54) is 12.1 Å². The smallest absolute Gasteiger partial charge is 0.280 e. The number of aromatic nitrogens is 5. The van der Waals surface area contributed by atoms with E-state index in [1.54, 1.807) is 27.4 Å². The van der Waals surface area contributed by atoms with E-state index in [4.69, 9.17) is 4.74 Å². The van der Waals surface area contributed by atoms with Crippen LogP contribution < -0.4 is 5.56 Å². The first-order valence-electron chi connectivity index (χ1n) is 9.80. The van der Waals surface area contributed by atoms with Crippen molar-refractivity contribution in [3.8, 4) is 11.1 Å². The standard InChI is InChI=1S/C21H20FN5O2/c1-2-16-18(13-5-7-14(22)8-6-13)20-24-23-19-17(27(20)25-16)9-10-26(21(19)28)12-15-4-3-11-29-15/h5-10,15H,2-4,11-12H2,1H3. The van der Waals surface area contributed by atoms with E-state index in [0.717, 1.165) is 36.3 Å². The van der Waals surface area contributed by atoms with Crippen LogP contribution >= 0.6 is 0 Å². The molecular formula is C21H20FN5O2. The Balaban J connectivity index is 1.68. The summed E-state index contributed by atoms with van der Waals surface area (Å²) < 4.78 is 22.3. The lowest BCUT2D eigenvalue weighted by Gasteiger charge is -2.12. The fourth-order valence-corrected chi connectivity index (χ4v) is 3.94. The summed E-state index contributed by atoms with van der Waals surface area (Å²) in [6.07, 6.45) is 4.47. The fraction of sp³-hybridized carbons (Fsp3) is 0.333. The largest absolute Gasteiger partial charge is 0.376 e. The number of hydrogen-bond acceptors (Lipinski definition) is 5. The Hall–Kier alpha value is -3.13. The molecule has 0 aliphatic carbocycles. The quantitative estimate of drug-likeness (QED) is 0.533. The van der Waals surface area contributed by atoms with Gasteiger partial charge >= 0.3 is 0 Å². The lowest BCUT2D eigenvalue weighted by atomic mass is 10.0. The average Bonchev–Trinajstić information content (AvgIpc) is 3.38. The van der Waals surface area contributed by atoms with Gasteiger partial charge in [-0.3, -0.25) is 4.79 Å². The third kappa shape index (κ3) is 3.00. The lowest BCUT2D eigenvalue weighted by Crippen LogP contribution is -2.27. The Morgan fingerprint density at radius 3 is 2.76 bits per heavy atom. The summed E-state index contributed by atoms with van der Waals surface area (Å²) in [6.45, 7) is 3.25. The van der Waals surface area contributed by atoms with E-state index < -0.39 is 0 Å². The van der Waals surface area contributed by atoms with Gasteiger partial charge in [-0.25, -0.2) is 8.91 Å². The summed E-state index contributed by atoms with van der Waals surface area (Å²) in [7, 11) is 0. The molecule has 0 radical (unpaired) electrons. The fourth-order valence-electron chi connectivity index (χ4n) is 3.94. The average molecular weight is 393 g/mol. The third-order valence-electron chi connectivity index (χ3n) is 5.42. The van der Waals surface area contributed by atoms with Gasteiger partial charge in [-0.1, -0.05) is 19.1 Å². The molecule has 4 aromatic rings. The van der Waals surface area contributed by atoms with Crippen LogP contribution in [-0.4, -0.2) is 37.1 Å². The van der Waals surface area contributed by atoms with Gasteiger partial charge in [0, 0.05) is 12.8 Å². The summed E-state index contributed by atoms with van der Waals surface area (Å²) in [5.41, 5.74) is 3.67. The molecule has 1 aliphatic heterocycles. The molecule has 0 amide bonds. The van der Waals surface area contributed by atoms with Crippen molar-refractivity contribution in [1.82, 2.24) is 24.4 Å². The zero-order valence-corrected chi connectivity index (χ0v) is 16.0. The van der Waals surface area contributed by atoms with Gasteiger partial charge in [0.05, 0.1) is 23.9 Å². The first kappa shape index (κ1) is 17.9. The summed E-state index contributed by atoms with van der Waals surface area (Å²) in [6, 6.07) is 8.08. The summed E-state index contributed by atoms with van der Waals surface area (Å²) in [4.78, 5) is 13.0. The number of aryl methyl sites for hydroxylation is 1. The Morgan fingerprint density at radius 1 is 1.21 bits per heavy atom. The van der Waals surface area contributed by atoms with Crippen LogP contribution in [-0.2, 0) is 17.7 Å². The molecule has 4 heterocycles. The number of benzene rings is 1. The second-order valence-corrected chi connectivity index (χ2v) is 7.26. The van der Waals surface area contributed by atoms with E-state index in [2.05, 4.69) is 15.3 Å². The number of hydrogen-bond donors (Lipinski definition) is 0. The molecule has 1 fully saturated rings. The molecule has 29 heavy (non-hydrogen) atoms. The van der Waals surface area contributed by atoms with Crippen molar-refractivity contribution in [3.05, 3.63) is 58.4 Å². The molecule has 0 bridgehead atoms. The van der Waals surface area contributed by atoms with Crippen molar-refractivity contribution < 1.29 is 9.13 Å². The van der Waals surface area contributed by atoms with Crippen molar-refractivity contribution in [1.29, 1.82) is 0 Å². The van der Waals surface area contributed by atoms with Crippen LogP contribution in [0.5, 0.6) is 0 Å². The monoisotopic (exact) mass is 393 g/mol. The SMILES string of the molecule is CCc1nn2c(nnc3c(=O)n(CC4CCCO4)ccc32)c1-c1ccc(F)cc1. The minimum Gasteiger partial charge on any atom is -0.376 e. The summed E-state index contributed by atoms with van der Waals surface area (Å²) in [5, 5.41) is 13.2. The highest BCUT2D eigenvalue weighted by Crippen LogP contribution is 2.29. The number of rotatable bonds is 4. The van der Waals surface area contributed by atoms with E-state index in [-0.39, 0.29) is 23.0 Å². The molecule has 3 aromatic heterocycles. The van der Waals surface area contributed by atoms with Gasteiger partial charge in [-0.2, -0.15) is 5.10 Å². The Morgan fingerprint density at radius 2 is 2.03 bits per heavy atom. The molecule has 0 saturated carbocycles. The Labute approximate surface area is 165 Å². The van der Waals surface area contributed by atoms with Crippen molar-refractivity contribution in [2.24, 2.45) is 0 Å². The predicted molar refractivity (Wildman–Crippen MR) is 106 cm³/mol. The highest BCUT2D eigenvalue weighted by molar-refractivity contribution is 5.84. The molecule has 1 aliphatic rings. The first-order chi connectivity index (χ1) is 14.2. The Bertz CT molecular complexity index is 1260. The van der Waals surface area contributed by atoms with Crippen LogP contribution in [0, 0.1) is 5.82 Å². The van der Waals surface area contributed by atoms with E-state index >= 15 is 0 Å². The van der Waals surface area contributed by atoms with Crippen molar-refractivity contribution >= 4 is 16.7 Å². The van der Waals surface area contributed by atoms with E-state index in [9.17, 15) is 9.18 Å². The molecule has 5 rings (SSSR count). The van der Waals surface area contributed by atoms with Crippen LogP contribution in [0.25, 0.3) is 27.8 Å². The van der Waals surface area contributed by atoms with Gasteiger partial charge in [0.2, 0.25) is 0 Å². The Kier molecular flexibility index (Phi) is 4.35. The minimum absolute atomic E-state index is 0.0586.